The standard InChI is InChI=1S/C8H5ClI3NO/c9-4-7(14)13(12)6-3-1-2-5(10)8(6)11/h1-3H,4H2. The number of hydrogen-bond donors (Lipinski definition) is 0. The smallest absolute Gasteiger partial charge is 0.250 e. The van der Waals surface area contributed by atoms with Crippen LogP contribution in [-0.4, -0.2) is 11.8 Å². The van der Waals surface area contributed by atoms with Crippen LogP contribution < -0.4 is 3.11 Å². The second-order valence-electron chi connectivity index (χ2n) is 2.38. The van der Waals surface area contributed by atoms with Crippen LogP contribution in [0.25, 0.3) is 0 Å². The largest absolute Gasteiger partial charge is 0.272 e. The van der Waals surface area contributed by atoms with Gasteiger partial charge in [-0.05, 0) is 57.3 Å². The Morgan fingerprint density at radius 3 is 2.64 bits per heavy atom. The first-order valence-corrected chi connectivity index (χ1v) is 7.22. The van der Waals surface area contributed by atoms with Gasteiger partial charge in [-0.15, -0.1) is 11.6 Å². The molecule has 0 atom stereocenters. The van der Waals surface area contributed by atoms with Gasteiger partial charge in [0.1, 0.15) is 5.88 Å². The van der Waals surface area contributed by atoms with E-state index < -0.39 is 0 Å². The van der Waals surface area contributed by atoms with Crippen molar-refractivity contribution in [1.29, 1.82) is 0 Å². The van der Waals surface area contributed by atoms with E-state index in [0.29, 0.717) is 0 Å². The van der Waals surface area contributed by atoms with Gasteiger partial charge in [-0.2, -0.15) is 0 Å². The number of carbonyl (C=O) groups excluding carboxylic acids is 1. The minimum atomic E-state index is -0.104. The van der Waals surface area contributed by atoms with E-state index in [0.717, 1.165) is 12.8 Å². The summed E-state index contributed by atoms with van der Waals surface area (Å²) in [5.41, 5.74) is 0.892. The first-order valence-electron chi connectivity index (χ1n) is 3.56. The number of anilines is 1. The molecule has 76 valence electrons. The minimum absolute atomic E-state index is 0.00446. The number of amides is 1. The van der Waals surface area contributed by atoms with Gasteiger partial charge >= 0.3 is 0 Å². The highest BCUT2D eigenvalue weighted by molar-refractivity contribution is 14.1. The van der Waals surface area contributed by atoms with E-state index in [-0.39, 0.29) is 11.8 Å². The Morgan fingerprint density at radius 2 is 2.07 bits per heavy atom. The molecule has 0 fully saturated rings. The number of nitrogens with zero attached hydrogens (tertiary/aromatic N) is 1. The fourth-order valence-electron chi connectivity index (χ4n) is 0.831. The number of benzene rings is 1. The van der Waals surface area contributed by atoms with Crippen LogP contribution in [0.4, 0.5) is 5.69 Å². The van der Waals surface area contributed by atoms with E-state index in [1.54, 1.807) is 3.11 Å². The lowest BCUT2D eigenvalue weighted by Gasteiger charge is -2.15. The molecule has 0 aliphatic heterocycles. The van der Waals surface area contributed by atoms with Crippen LogP contribution in [0.5, 0.6) is 0 Å². The van der Waals surface area contributed by atoms with Crippen molar-refractivity contribution in [2.24, 2.45) is 0 Å². The first-order chi connectivity index (χ1) is 6.57. The van der Waals surface area contributed by atoms with Crippen LogP contribution in [0.1, 0.15) is 0 Å². The number of halogens is 4. The summed E-state index contributed by atoms with van der Waals surface area (Å²) in [6, 6.07) is 5.83. The zero-order chi connectivity index (χ0) is 10.7. The van der Waals surface area contributed by atoms with Gasteiger partial charge in [0, 0.05) is 3.57 Å². The van der Waals surface area contributed by atoms with Gasteiger partial charge in [0.2, 0.25) is 0 Å². The zero-order valence-electron chi connectivity index (χ0n) is 6.81. The van der Waals surface area contributed by atoms with Crippen LogP contribution in [0.3, 0.4) is 0 Å². The molecule has 1 rings (SSSR count). The minimum Gasteiger partial charge on any atom is -0.272 e. The summed E-state index contributed by atoms with van der Waals surface area (Å²) in [4.78, 5) is 11.4. The van der Waals surface area contributed by atoms with Crippen LogP contribution in [-0.2, 0) is 4.79 Å². The number of alkyl halides is 1. The molecular formula is C8H5ClI3NO. The molecule has 0 N–H and O–H groups in total. The average molecular weight is 547 g/mol. The highest BCUT2D eigenvalue weighted by atomic mass is 127. The van der Waals surface area contributed by atoms with Crippen molar-refractivity contribution in [2.45, 2.75) is 0 Å². The van der Waals surface area contributed by atoms with Crippen molar-refractivity contribution in [1.82, 2.24) is 0 Å². The Kier molecular flexibility index (Phi) is 5.71. The molecule has 2 nitrogen and oxygen atoms in total. The van der Waals surface area contributed by atoms with Gasteiger partial charge < -0.3 is 0 Å². The number of hydrogen-bond acceptors (Lipinski definition) is 1. The second kappa shape index (κ2) is 6.04. The van der Waals surface area contributed by atoms with Gasteiger partial charge in [0.25, 0.3) is 5.91 Å². The topological polar surface area (TPSA) is 20.3 Å². The van der Waals surface area contributed by atoms with Crippen molar-refractivity contribution in [3.05, 3.63) is 25.3 Å². The molecule has 1 amide bonds. The third-order valence-corrected chi connectivity index (χ3v) is 5.83. The third kappa shape index (κ3) is 3.08. The Hall–Kier alpha value is 1.17. The van der Waals surface area contributed by atoms with Gasteiger partial charge in [-0.25, -0.2) is 0 Å². The maximum Gasteiger partial charge on any atom is 0.250 e. The lowest BCUT2D eigenvalue weighted by Crippen LogP contribution is -2.21. The van der Waals surface area contributed by atoms with Gasteiger partial charge in [0.15, 0.2) is 0 Å². The second-order valence-corrected chi connectivity index (χ2v) is 5.85. The summed E-state index contributed by atoms with van der Waals surface area (Å²) in [6.07, 6.45) is 0. The Bertz CT molecular complexity index is 358. The Balaban J connectivity index is 3.07. The molecule has 0 heterocycles. The zero-order valence-corrected chi connectivity index (χ0v) is 14.0. The molecule has 1 aromatic carbocycles. The van der Waals surface area contributed by atoms with Crippen molar-refractivity contribution in [3.63, 3.8) is 0 Å². The van der Waals surface area contributed by atoms with Gasteiger partial charge in [-0.3, -0.25) is 7.91 Å². The van der Waals surface area contributed by atoms with E-state index in [9.17, 15) is 4.79 Å². The maximum atomic E-state index is 11.4. The summed E-state index contributed by atoms with van der Waals surface area (Å²) in [7, 11) is 0. The third-order valence-electron chi connectivity index (χ3n) is 1.48. The molecule has 0 aliphatic rings. The molecule has 0 unspecified atom stereocenters. The summed E-state index contributed by atoms with van der Waals surface area (Å²) in [5.74, 6) is -0.100. The van der Waals surface area contributed by atoms with Crippen LogP contribution >= 0.6 is 79.6 Å². The molecule has 0 saturated carbocycles. The normalized spacial score (nSPS) is 10.0. The monoisotopic (exact) mass is 547 g/mol. The summed E-state index contributed by atoms with van der Waals surface area (Å²) in [5, 5.41) is 0. The molecule has 14 heavy (non-hydrogen) atoms. The van der Waals surface area contributed by atoms with E-state index in [2.05, 4.69) is 45.2 Å². The molecule has 0 aromatic heterocycles. The molecule has 0 saturated heterocycles. The number of rotatable bonds is 2. The molecule has 6 heteroatoms. The average Bonchev–Trinajstić information content (AvgIpc) is 2.20. The summed E-state index contributed by atoms with van der Waals surface area (Å²) >= 11 is 11.9. The Morgan fingerprint density at radius 1 is 1.43 bits per heavy atom. The van der Waals surface area contributed by atoms with Crippen molar-refractivity contribution < 1.29 is 4.79 Å². The fourth-order valence-corrected chi connectivity index (χ4v) is 3.27. The highest BCUT2D eigenvalue weighted by Gasteiger charge is 2.15. The van der Waals surface area contributed by atoms with E-state index >= 15 is 0 Å². The van der Waals surface area contributed by atoms with Crippen LogP contribution in [0, 0.1) is 7.14 Å². The van der Waals surface area contributed by atoms with E-state index in [1.807, 2.05) is 41.1 Å². The Labute approximate surface area is 129 Å². The molecular weight excluding hydrogens is 542 g/mol. The predicted octanol–water partition coefficient (Wildman–Crippen LogP) is 3.82. The highest BCUT2D eigenvalue weighted by Crippen LogP contribution is 2.29. The van der Waals surface area contributed by atoms with E-state index in [1.165, 1.54) is 0 Å². The predicted molar refractivity (Wildman–Crippen MR) is 84.1 cm³/mol. The lowest BCUT2D eigenvalue weighted by atomic mass is 10.3. The SMILES string of the molecule is O=C(CCl)N(I)c1cccc(I)c1I. The van der Waals surface area contributed by atoms with Crippen molar-refractivity contribution >= 4 is 91.2 Å². The summed E-state index contributed by atoms with van der Waals surface area (Å²) < 4.78 is 3.75. The maximum absolute atomic E-state index is 11.4. The van der Waals surface area contributed by atoms with E-state index in [4.69, 9.17) is 11.6 Å². The van der Waals surface area contributed by atoms with Crippen molar-refractivity contribution in [2.75, 3.05) is 8.99 Å². The van der Waals surface area contributed by atoms with Crippen molar-refractivity contribution in [3.8, 4) is 0 Å². The first kappa shape index (κ1) is 13.2. The number of carbonyl (C=O) groups is 1. The summed E-state index contributed by atoms with van der Waals surface area (Å²) in [6.45, 7) is 0. The quantitative estimate of drug-likeness (QED) is 0.314. The van der Waals surface area contributed by atoms with Crippen LogP contribution in [0.2, 0.25) is 0 Å². The molecule has 0 aliphatic carbocycles. The van der Waals surface area contributed by atoms with Crippen LogP contribution in [0.15, 0.2) is 18.2 Å². The molecule has 0 bridgehead atoms. The lowest BCUT2D eigenvalue weighted by molar-refractivity contribution is -0.114. The molecule has 1 aromatic rings. The molecule has 0 radical (unpaired) electrons. The fraction of sp³-hybridized carbons (Fsp3) is 0.125. The van der Waals surface area contributed by atoms with Gasteiger partial charge in [-0.1, -0.05) is 6.07 Å². The molecule has 0 spiro atoms. The van der Waals surface area contributed by atoms with Gasteiger partial charge in [0.05, 0.1) is 32.1 Å².